The molecule has 1 aromatic carbocycles. The molecule has 0 aromatic heterocycles. The molecule has 0 amide bonds. The van der Waals surface area contributed by atoms with Gasteiger partial charge in [-0.2, -0.15) is 0 Å². The highest BCUT2D eigenvalue weighted by Gasteiger charge is 2.24. The Kier molecular flexibility index (Phi) is 3.81. The molecule has 1 saturated heterocycles. The molecule has 0 radical (unpaired) electrons. The van der Waals surface area contributed by atoms with E-state index in [0.717, 1.165) is 0 Å². The molecule has 0 N–H and O–H groups in total. The molecule has 80 valence electrons. The second-order valence-electron chi connectivity index (χ2n) is 3.81. The van der Waals surface area contributed by atoms with Crippen LogP contribution in [0.3, 0.4) is 0 Å². The molecule has 2 rings (SSSR count). The van der Waals surface area contributed by atoms with E-state index in [1.54, 1.807) is 0 Å². The third kappa shape index (κ3) is 3.32. The summed E-state index contributed by atoms with van der Waals surface area (Å²) in [5, 5.41) is 0. The Labute approximate surface area is 101 Å². The lowest BCUT2D eigenvalue weighted by molar-refractivity contribution is 1.05. The summed E-state index contributed by atoms with van der Waals surface area (Å²) >= 11 is 4.12. The molecule has 0 aliphatic carbocycles. The van der Waals surface area contributed by atoms with E-state index in [1.807, 2.05) is 0 Å². The number of thioether (sulfide) groups is 2. The van der Waals surface area contributed by atoms with Gasteiger partial charge in [-0.1, -0.05) is 42.5 Å². The van der Waals surface area contributed by atoms with E-state index in [-0.39, 0.29) is 4.08 Å². The lowest BCUT2D eigenvalue weighted by Gasteiger charge is -2.29. The topological polar surface area (TPSA) is 0 Å². The van der Waals surface area contributed by atoms with E-state index in [9.17, 15) is 0 Å². The number of rotatable bonds is 2. The van der Waals surface area contributed by atoms with Gasteiger partial charge in [-0.25, -0.2) is 0 Å². The molecule has 1 aliphatic rings. The first-order valence-corrected chi connectivity index (χ1v) is 7.28. The van der Waals surface area contributed by atoms with Crippen LogP contribution in [0.4, 0.5) is 0 Å². The first-order chi connectivity index (χ1) is 7.29. The van der Waals surface area contributed by atoms with Crippen LogP contribution in [-0.4, -0.2) is 15.6 Å². The van der Waals surface area contributed by atoms with Crippen molar-refractivity contribution in [3.05, 3.63) is 42.0 Å². The molecule has 1 aliphatic heterocycles. The number of hydrogen-bond donors (Lipinski definition) is 0. The Morgan fingerprint density at radius 3 is 2.47 bits per heavy atom. The molecule has 1 heterocycles. The third-order valence-corrected chi connectivity index (χ3v) is 5.56. The predicted octanol–water partition coefficient (Wildman–Crippen LogP) is 4.29. The fourth-order valence-corrected chi connectivity index (χ4v) is 4.29. The van der Waals surface area contributed by atoms with Crippen LogP contribution in [0.2, 0.25) is 0 Å². The Morgan fingerprint density at radius 1 is 1.13 bits per heavy atom. The number of hydrogen-bond acceptors (Lipinski definition) is 2. The summed E-state index contributed by atoms with van der Waals surface area (Å²) in [7, 11) is 0. The molecular weight excluding hydrogens is 220 g/mol. The fourth-order valence-electron chi connectivity index (χ4n) is 1.56. The zero-order valence-corrected chi connectivity index (χ0v) is 10.6. The summed E-state index contributed by atoms with van der Waals surface area (Å²) in [4.78, 5) is 0. The van der Waals surface area contributed by atoms with E-state index in [2.05, 4.69) is 72.9 Å². The van der Waals surface area contributed by atoms with Gasteiger partial charge in [0.2, 0.25) is 0 Å². The smallest absolute Gasteiger partial charge is 0.0766 e. The van der Waals surface area contributed by atoms with Crippen LogP contribution >= 0.6 is 23.5 Å². The summed E-state index contributed by atoms with van der Waals surface area (Å²) < 4.78 is 0.286. The van der Waals surface area contributed by atoms with E-state index in [4.69, 9.17) is 0 Å². The van der Waals surface area contributed by atoms with Crippen molar-refractivity contribution in [3.8, 4) is 0 Å². The van der Waals surface area contributed by atoms with Crippen LogP contribution in [0.25, 0.3) is 6.08 Å². The zero-order valence-electron chi connectivity index (χ0n) is 8.98. The summed E-state index contributed by atoms with van der Waals surface area (Å²) in [5.41, 5.74) is 1.30. The average Bonchev–Trinajstić information content (AvgIpc) is 2.29. The molecule has 15 heavy (non-hydrogen) atoms. The van der Waals surface area contributed by atoms with E-state index in [1.165, 1.54) is 23.5 Å². The van der Waals surface area contributed by atoms with Gasteiger partial charge in [-0.3, -0.25) is 0 Å². The minimum Gasteiger partial charge on any atom is -0.140 e. The monoisotopic (exact) mass is 236 g/mol. The minimum atomic E-state index is 0.286. The predicted molar refractivity (Wildman–Crippen MR) is 73.4 cm³/mol. The Morgan fingerprint density at radius 2 is 1.80 bits per heavy atom. The van der Waals surface area contributed by atoms with Crippen LogP contribution < -0.4 is 0 Å². The molecule has 0 saturated carbocycles. The van der Waals surface area contributed by atoms with Crippen molar-refractivity contribution in [2.45, 2.75) is 17.4 Å². The second kappa shape index (κ2) is 5.13. The zero-order chi connectivity index (χ0) is 10.6. The van der Waals surface area contributed by atoms with Crippen molar-refractivity contribution < 1.29 is 0 Å². The Hall–Kier alpha value is -0.340. The van der Waals surface area contributed by atoms with Gasteiger partial charge >= 0.3 is 0 Å². The molecule has 0 spiro atoms. The highest BCUT2D eigenvalue weighted by Crippen LogP contribution is 2.43. The molecule has 0 unspecified atom stereocenters. The lowest BCUT2D eigenvalue weighted by Crippen LogP contribution is -2.17. The van der Waals surface area contributed by atoms with E-state index in [0.29, 0.717) is 0 Å². The first kappa shape index (κ1) is 11.2. The van der Waals surface area contributed by atoms with E-state index >= 15 is 0 Å². The van der Waals surface area contributed by atoms with Gasteiger partial charge in [-0.15, -0.1) is 23.5 Å². The van der Waals surface area contributed by atoms with Gasteiger partial charge in [0.1, 0.15) is 0 Å². The molecule has 0 atom stereocenters. The van der Waals surface area contributed by atoms with Crippen LogP contribution in [0.1, 0.15) is 18.9 Å². The van der Waals surface area contributed by atoms with Gasteiger partial charge in [0, 0.05) is 0 Å². The summed E-state index contributed by atoms with van der Waals surface area (Å²) in [6.07, 6.45) is 5.94. The molecule has 1 fully saturated rings. The SMILES string of the molecule is CC1(/C=C/c2ccccc2)SCCCS1. The summed E-state index contributed by atoms with van der Waals surface area (Å²) in [6.45, 7) is 2.32. The van der Waals surface area contributed by atoms with Crippen LogP contribution in [0, 0.1) is 0 Å². The molecular formula is C13H16S2. The van der Waals surface area contributed by atoms with Gasteiger partial charge in [0.25, 0.3) is 0 Å². The van der Waals surface area contributed by atoms with Crippen molar-refractivity contribution in [3.63, 3.8) is 0 Å². The van der Waals surface area contributed by atoms with Crippen molar-refractivity contribution in [2.75, 3.05) is 11.5 Å². The van der Waals surface area contributed by atoms with E-state index < -0.39 is 0 Å². The quantitative estimate of drug-likeness (QED) is 0.751. The average molecular weight is 236 g/mol. The van der Waals surface area contributed by atoms with Crippen molar-refractivity contribution >= 4 is 29.6 Å². The summed E-state index contributed by atoms with van der Waals surface area (Å²) in [5.74, 6) is 2.59. The molecule has 0 nitrogen and oxygen atoms in total. The van der Waals surface area contributed by atoms with Crippen LogP contribution in [-0.2, 0) is 0 Å². The Bertz CT molecular complexity index is 324. The highest BCUT2D eigenvalue weighted by atomic mass is 32.2. The standard InChI is InChI=1S/C13H16S2/c1-13(14-10-5-11-15-13)9-8-12-6-3-2-4-7-12/h2-4,6-9H,5,10-11H2,1H3/b9-8+. The maximum atomic E-state index is 2.34. The van der Waals surface area contributed by atoms with Gasteiger partial charge in [0.15, 0.2) is 0 Å². The highest BCUT2D eigenvalue weighted by molar-refractivity contribution is 8.19. The maximum Gasteiger partial charge on any atom is 0.0766 e. The molecule has 0 bridgehead atoms. The maximum absolute atomic E-state index is 2.34. The Balaban J connectivity index is 2.04. The summed E-state index contributed by atoms with van der Waals surface area (Å²) in [6, 6.07) is 10.5. The lowest BCUT2D eigenvalue weighted by atomic mass is 10.2. The van der Waals surface area contributed by atoms with Crippen LogP contribution in [0.5, 0.6) is 0 Å². The van der Waals surface area contributed by atoms with Gasteiger partial charge < -0.3 is 0 Å². The molecule has 1 aromatic rings. The largest absolute Gasteiger partial charge is 0.140 e. The van der Waals surface area contributed by atoms with Crippen molar-refractivity contribution in [1.29, 1.82) is 0 Å². The van der Waals surface area contributed by atoms with Crippen molar-refractivity contribution in [1.82, 2.24) is 0 Å². The minimum absolute atomic E-state index is 0.286. The fraction of sp³-hybridized carbons (Fsp3) is 0.385. The van der Waals surface area contributed by atoms with Gasteiger partial charge in [-0.05, 0) is 30.4 Å². The normalized spacial score (nSPS) is 20.6. The second-order valence-corrected chi connectivity index (χ2v) is 7.16. The van der Waals surface area contributed by atoms with Crippen LogP contribution in [0.15, 0.2) is 36.4 Å². The first-order valence-electron chi connectivity index (χ1n) is 5.31. The van der Waals surface area contributed by atoms with Crippen molar-refractivity contribution in [2.24, 2.45) is 0 Å². The third-order valence-electron chi connectivity index (χ3n) is 2.44. The number of benzene rings is 1. The van der Waals surface area contributed by atoms with Gasteiger partial charge in [0.05, 0.1) is 4.08 Å². The molecule has 2 heteroatoms.